The lowest BCUT2D eigenvalue weighted by atomic mass is 10.3. The summed E-state index contributed by atoms with van der Waals surface area (Å²) in [7, 11) is 0. The lowest BCUT2D eigenvalue weighted by Gasteiger charge is -2.31. The van der Waals surface area contributed by atoms with Crippen LogP contribution in [0, 0.1) is 0 Å². The summed E-state index contributed by atoms with van der Waals surface area (Å²) < 4.78 is 5.49. The number of aliphatic imine (C=N–C) groups is 1. The minimum Gasteiger partial charge on any atom is -0.375 e. The van der Waals surface area contributed by atoms with E-state index in [1.807, 2.05) is 31.5 Å². The Hall–Kier alpha value is -1.27. The number of nitrogens with zero attached hydrogens (tertiary/aromatic N) is 3. The molecule has 0 spiro atoms. The van der Waals surface area contributed by atoms with E-state index in [1.165, 1.54) is 0 Å². The van der Waals surface area contributed by atoms with Crippen LogP contribution in [0.1, 0.15) is 12.5 Å². The van der Waals surface area contributed by atoms with Gasteiger partial charge in [-0.15, -0.1) is 11.8 Å². The first kappa shape index (κ1) is 14.1. The molecule has 0 bridgehead atoms. The molecule has 0 amide bonds. The van der Waals surface area contributed by atoms with Crippen molar-refractivity contribution in [1.82, 2.24) is 9.88 Å². The van der Waals surface area contributed by atoms with Crippen LogP contribution in [-0.4, -0.2) is 47.9 Å². The molecule has 1 saturated heterocycles. The molecule has 0 radical (unpaired) electrons. The second-order valence-electron chi connectivity index (χ2n) is 4.51. The zero-order valence-electron chi connectivity index (χ0n) is 11.4. The van der Waals surface area contributed by atoms with Crippen LogP contribution in [0.15, 0.2) is 28.3 Å². The Morgan fingerprint density at radius 3 is 3.26 bits per heavy atom. The van der Waals surface area contributed by atoms with Crippen LogP contribution < -0.4 is 5.73 Å². The van der Waals surface area contributed by atoms with Crippen LogP contribution in [0.2, 0.25) is 0 Å². The van der Waals surface area contributed by atoms with Gasteiger partial charge >= 0.3 is 0 Å². The topological polar surface area (TPSA) is 63.7 Å². The zero-order valence-corrected chi connectivity index (χ0v) is 12.2. The molecule has 0 aromatic carbocycles. The molecule has 1 unspecified atom stereocenters. The number of rotatable bonds is 3. The van der Waals surface area contributed by atoms with E-state index in [-0.39, 0.29) is 6.10 Å². The Labute approximate surface area is 118 Å². The fraction of sp³-hybridized carbons (Fsp3) is 0.538. The summed E-state index contributed by atoms with van der Waals surface area (Å²) in [5, 5.41) is 1.01. The molecule has 0 saturated carbocycles. The van der Waals surface area contributed by atoms with Gasteiger partial charge in [0.15, 0.2) is 5.96 Å². The number of nitrogens with two attached hydrogens (primary N) is 1. The minimum atomic E-state index is 0.214. The minimum absolute atomic E-state index is 0.214. The van der Waals surface area contributed by atoms with Crippen LogP contribution in [-0.2, 0) is 11.3 Å². The van der Waals surface area contributed by atoms with Crippen molar-refractivity contribution in [2.24, 2.45) is 10.7 Å². The van der Waals surface area contributed by atoms with E-state index in [9.17, 15) is 0 Å². The highest BCUT2D eigenvalue weighted by Crippen LogP contribution is 2.13. The van der Waals surface area contributed by atoms with E-state index in [2.05, 4.69) is 14.9 Å². The molecule has 1 aliphatic heterocycles. The van der Waals surface area contributed by atoms with Crippen molar-refractivity contribution in [3.8, 4) is 0 Å². The number of aromatic nitrogens is 1. The van der Waals surface area contributed by atoms with Gasteiger partial charge in [0.2, 0.25) is 0 Å². The van der Waals surface area contributed by atoms with E-state index in [0.29, 0.717) is 19.1 Å². The maximum atomic E-state index is 6.03. The third-order valence-corrected chi connectivity index (χ3v) is 3.64. The van der Waals surface area contributed by atoms with Gasteiger partial charge in [-0.05, 0) is 30.9 Å². The smallest absolute Gasteiger partial charge is 0.191 e. The Bertz CT molecular complexity index is 452. The van der Waals surface area contributed by atoms with Crippen LogP contribution in [0.3, 0.4) is 0 Å². The van der Waals surface area contributed by atoms with Crippen molar-refractivity contribution in [3.05, 3.63) is 23.9 Å². The average Bonchev–Trinajstić information content (AvgIpc) is 2.45. The average molecular weight is 280 g/mol. The Morgan fingerprint density at radius 1 is 1.68 bits per heavy atom. The third-order valence-electron chi connectivity index (χ3n) is 3.00. The van der Waals surface area contributed by atoms with Crippen LogP contribution in [0.4, 0.5) is 0 Å². The van der Waals surface area contributed by atoms with E-state index in [0.717, 1.165) is 23.7 Å². The molecule has 1 atom stereocenters. The molecule has 19 heavy (non-hydrogen) atoms. The van der Waals surface area contributed by atoms with E-state index < -0.39 is 0 Å². The predicted octanol–water partition coefficient (Wildman–Crippen LogP) is 1.34. The maximum absolute atomic E-state index is 6.03. The van der Waals surface area contributed by atoms with Gasteiger partial charge in [-0.1, -0.05) is 0 Å². The van der Waals surface area contributed by atoms with E-state index in [1.54, 1.807) is 11.8 Å². The van der Waals surface area contributed by atoms with Crippen molar-refractivity contribution < 1.29 is 4.74 Å². The van der Waals surface area contributed by atoms with Crippen molar-refractivity contribution in [1.29, 1.82) is 0 Å². The SMILES string of the molecule is CSc1cc(CN=C(N)N2CCOC(C)C2)ccn1. The summed E-state index contributed by atoms with van der Waals surface area (Å²) in [5.74, 6) is 0.595. The molecule has 2 heterocycles. The lowest BCUT2D eigenvalue weighted by molar-refractivity contribution is 0.00529. The number of morpholine rings is 1. The number of hydrogen-bond donors (Lipinski definition) is 1. The highest BCUT2D eigenvalue weighted by Gasteiger charge is 2.17. The molecule has 1 aromatic rings. The largest absolute Gasteiger partial charge is 0.375 e. The molecule has 2 rings (SSSR count). The molecule has 0 aliphatic carbocycles. The quantitative estimate of drug-likeness (QED) is 0.514. The van der Waals surface area contributed by atoms with Gasteiger partial charge < -0.3 is 15.4 Å². The summed E-state index contributed by atoms with van der Waals surface area (Å²) in [5.41, 5.74) is 7.16. The number of thioether (sulfide) groups is 1. The Balaban J connectivity index is 1.96. The first-order valence-electron chi connectivity index (χ1n) is 6.34. The van der Waals surface area contributed by atoms with Crippen molar-refractivity contribution in [3.63, 3.8) is 0 Å². The summed E-state index contributed by atoms with van der Waals surface area (Å²) in [4.78, 5) is 10.8. The van der Waals surface area contributed by atoms with Crippen molar-refractivity contribution in [2.45, 2.75) is 24.6 Å². The molecular weight excluding hydrogens is 260 g/mol. The van der Waals surface area contributed by atoms with Gasteiger partial charge in [0.1, 0.15) is 0 Å². The molecule has 5 nitrogen and oxygen atoms in total. The molecule has 1 fully saturated rings. The lowest BCUT2D eigenvalue weighted by Crippen LogP contribution is -2.47. The van der Waals surface area contributed by atoms with Crippen molar-refractivity contribution in [2.75, 3.05) is 26.0 Å². The first-order chi connectivity index (χ1) is 9.19. The van der Waals surface area contributed by atoms with Crippen LogP contribution in [0.25, 0.3) is 0 Å². The monoisotopic (exact) mass is 280 g/mol. The molecule has 1 aliphatic rings. The Kier molecular flexibility index (Phi) is 5.04. The standard InChI is InChI=1S/C13H20N4OS/c1-10-9-17(5-6-18-10)13(14)16-8-11-3-4-15-12(7-11)19-2/h3-4,7,10H,5-6,8-9H2,1-2H3,(H2,14,16). The van der Waals surface area contributed by atoms with Gasteiger partial charge in [-0.25, -0.2) is 9.98 Å². The van der Waals surface area contributed by atoms with Gasteiger partial charge in [0.05, 0.1) is 24.3 Å². The molecule has 6 heteroatoms. The van der Waals surface area contributed by atoms with Gasteiger partial charge in [0, 0.05) is 19.3 Å². The normalized spacial score (nSPS) is 20.6. The maximum Gasteiger partial charge on any atom is 0.191 e. The van der Waals surface area contributed by atoms with Crippen molar-refractivity contribution >= 4 is 17.7 Å². The molecule has 1 aromatic heterocycles. The van der Waals surface area contributed by atoms with Gasteiger partial charge in [-0.3, -0.25) is 0 Å². The fourth-order valence-corrected chi connectivity index (χ4v) is 2.39. The summed E-state index contributed by atoms with van der Waals surface area (Å²) >= 11 is 1.63. The highest BCUT2D eigenvalue weighted by molar-refractivity contribution is 7.98. The van der Waals surface area contributed by atoms with E-state index in [4.69, 9.17) is 10.5 Å². The number of guanidine groups is 1. The molecule has 2 N–H and O–H groups in total. The summed E-state index contributed by atoms with van der Waals surface area (Å²) in [6, 6.07) is 4.02. The molecular formula is C13H20N4OS. The number of hydrogen-bond acceptors (Lipinski definition) is 4. The summed E-state index contributed by atoms with van der Waals surface area (Å²) in [6.07, 6.45) is 4.04. The second-order valence-corrected chi connectivity index (χ2v) is 5.33. The predicted molar refractivity (Wildman–Crippen MR) is 78.3 cm³/mol. The highest BCUT2D eigenvalue weighted by atomic mass is 32.2. The van der Waals surface area contributed by atoms with Gasteiger partial charge in [-0.2, -0.15) is 0 Å². The first-order valence-corrected chi connectivity index (χ1v) is 7.57. The van der Waals surface area contributed by atoms with Crippen LogP contribution in [0.5, 0.6) is 0 Å². The van der Waals surface area contributed by atoms with E-state index >= 15 is 0 Å². The van der Waals surface area contributed by atoms with Crippen LogP contribution >= 0.6 is 11.8 Å². The number of pyridine rings is 1. The third kappa shape index (κ3) is 4.11. The number of ether oxygens (including phenoxy) is 1. The second kappa shape index (κ2) is 6.77. The summed E-state index contributed by atoms with van der Waals surface area (Å²) in [6.45, 7) is 4.97. The zero-order chi connectivity index (χ0) is 13.7. The van der Waals surface area contributed by atoms with Gasteiger partial charge in [0.25, 0.3) is 0 Å². The Morgan fingerprint density at radius 2 is 2.53 bits per heavy atom. The molecule has 104 valence electrons. The fourth-order valence-electron chi connectivity index (χ4n) is 1.96.